The van der Waals surface area contributed by atoms with Gasteiger partial charge in [0.1, 0.15) is 19.8 Å². The minimum Gasteiger partial charge on any atom is -0.493 e. The zero-order chi connectivity index (χ0) is 19.2. The van der Waals surface area contributed by atoms with Gasteiger partial charge in [0.2, 0.25) is 0 Å². The topological polar surface area (TPSA) is 49.0 Å². The Balaban J connectivity index is 1.40. The first-order valence-electron chi connectivity index (χ1n) is 9.29. The van der Waals surface area contributed by atoms with Crippen molar-refractivity contribution in [3.63, 3.8) is 0 Å². The SMILES string of the molecule is COc1cc(CNc2ccc3c(c2)OCCO3)ccc1OCc1ccccc1. The van der Waals surface area contributed by atoms with Crippen LogP contribution in [0.5, 0.6) is 23.0 Å². The first-order valence-corrected chi connectivity index (χ1v) is 9.29. The van der Waals surface area contributed by atoms with Gasteiger partial charge in [-0.15, -0.1) is 0 Å². The molecule has 1 aliphatic heterocycles. The molecule has 3 aromatic rings. The second-order valence-corrected chi connectivity index (χ2v) is 6.47. The number of hydrogen-bond donors (Lipinski definition) is 1. The second-order valence-electron chi connectivity index (χ2n) is 6.47. The van der Waals surface area contributed by atoms with Gasteiger partial charge in [0, 0.05) is 18.3 Å². The zero-order valence-corrected chi connectivity index (χ0v) is 15.8. The Morgan fingerprint density at radius 2 is 1.64 bits per heavy atom. The number of anilines is 1. The minimum atomic E-state index is 0.506. The summed E-state index contributed by atoms with van der Waals surface area (Å²) in [5.74, 6) is 3.02. The van der Waals surface area contributed by atoms with Gasteiger partial charge in [-0.2, -0.15) is 0 Å². The fourth-order valence-corrected chi connectivity index (χ4v) is 3.03. The van der Waals surface area contributed by atoms with Crippen LogP contribution in [-0.2, 0) is 13.2 Å². The van der Waals surface area contributed by atoms with Crippen molar-refractivity contribution < 1.29 is 18.9 Å². The van der Waals surface area contributed by atoms with E-state index in [0.717, 1.165) is 39.8 Å². The smallest absolute Gasteiger partial charge is 0.163 e. The highest BCUT2D eigenvalue weighted by molar-refractivity contribution is 5.55. The molecule has 0 radical (unpaired) electrons. The molecular weight excluding hydrogens is 354 g/mol. The van der Waals surface area contributed by atoms with Gasteiger partial charge in [-0.1, -0.05) is 36.4 Å². The molecular formula is C23H23NO4. The third kappa shape index (κ3) is 4.31. The predicted molar refractivity (Wildman–Crippen MR) is 109 cm³/mol. The van der Waals surface area contributed by atoms with Gasteiger partial charge in [0.05, 0.1) is 7.11 Å². The summed E-state index contributed by atoms with van der Waals surface area (Å²) >= 11 is 0. The molecule has 0 unspecified atom stereocenters. The lowest BCUT2D eigenvalue weighted by molar-refractivity contribution is 0.171. The summed E-state index contributed by atoms with van der Waals surface area (Å²) in [5, 5.41) is 3.41. The van der Waals surface area contributed by atoms with Gasteiger partial charge in [0.25, 0.3) is 0 Å². The number of ether oxygens (including phenoxy) is 4. The minimum absolute atomic E-state index is 0.506. The highest BCUT2D eigenvalue weighted by Gasteiger charge is 2.12. The van der Waals surface area contributed by atoms with Crippen LogP contribution >= 0.6 is 0 Å². The molecule has 28 heavy (non-hydrogen) atoms. The lowest BCUT2D eigenvalue weighted by Crippen LogP contribution is -2.15. The average Bonchev–Trinajstić information content (AvgIpc) is 2.77. The molecule has 144 valence electrons. The van der Waals surface area contributed by atoms with Crippen molar-refractivity contribution in [3.05, 3.63) is 77.9 Å². The number of benzene rings is 3. The Kier molecular flexibility index (Phi) is 5.52. The highest BCUT2D eigenvalue weighted by Crippen LogP contribution is 2.33. The van der Waals surface area contributed by atoms with Gasteiger partial charge in [-0.25, -0.2) is 0 Å². The largest absolute Gasteiger partial charge is 0.493 e. The van der Waals surface area contributed by atoms with Crippen LogP contribution in [0, 0.1) is 0 Å². The maximum Gasteiger partial charge on any atom is 0.163 e. The van der Waals surface area contributed by atoms with Crippen molar-refractivity contribution >= 4 is 5.69 Å². The van der Waals surface area contributed by atoms with Crippen molar-refractivity contribution in [3.8, 4) is 23.0 Å². The van der Waals surface area contributed by atoms with Crippen LogP contribution in [0.3, 0.4) is 0 Å². The van der Waals surface area contributed by atoms with Crippen molar-refractivity contribution in [1.29, 1.82) is 0 Å². The second kappa shape index (κ2) is 8.57. The summed E-state index contributed by atoms with van der Waals surface area (Å²) in [6.07, 6.45) is 0. The van der Waals surface area contributed by atoms with Crippen molar-refractivity contribution in [2.24, 2.45) is 0 Å². The highest BCUT2D eigenvalue weighted by atomic mass is 16.6. The Hall–Kier alpha value is -3.34. The van der Waals surface area contributed by atoms with Gasteiger partial charge < -0.3 is 24.3 Å². The number of nitrogens with one attached hydrogen (secondary N) is 1. The number of methoxy groups -OCH3 is 1. The van der Waals surface area contributed by atoms with Crippen LogP contribution in [0.15, 0.2) is 66.7 Å². The molecule has 0 aliphatic carbocycles. The molecule has 0 saturated heterocycles. The van der Waals surface area contributed by atoms with Crippen molar-refractivity contribution in [2.45, 2.75) is 13.2 Å². The molecule has 4 rings (SSSR count). The standard InChI is InChI=1S/C23H23NO4/c1-25-22-13-18(7-9-20(22)28-16-17-5-3-2-4-6-17)15-24-19-8-10-21-23(14-19)27-12-11-26-21/h2-10,13-14,24H,11-12,15-16H2,1H3. The Morgan fingerprint density at radius 3 is 2.46 bits per heavy atom. The van der Waals surface area contributed by atoms with Crippen LogP contribution in [0.4, 0.5) is 5.69 Å². The van der Waals surface area contributed by atoms with E-state index in [1.807, 2.05) is 66.7 Å². The Labute approximate surface area is 164 Å². The van der Waals surface area contributed by atoms with Gasteiger partial charge in [0.15, 0.2) is 23.0 Å². The molecule has 0 atom stereocenters. The monoisotopic (exact) mass is 377 g/mol. The van der Waals surface area contributed by atoms with E-state index in [1.165, 1.54) is 0 Å². The summed E-state index contributed by atoms with van der Waals surface area (Å²) in [6, 6.07) is 21.9. The summed E-state index contributed by atoms with van der Waals surface area (Å²) in [5.41, 5.74) is 3.19. The van der Waals surface area contributed by atoms with Crippen LogP contribution in [0.2, 0.25) is 0 Å². The molecule has 1 N–H and O–H groups in total. The maximum absolute atomic E-state index is 5.92. The third-order valence-corrected chi connectivity index (χ3v) is 4.50. The van der Waals surface area contributed by atoms with Crippen molar-refractivity contribution in [1.82, 2.24) is 0 Å². The number of rotatable bonds is 7. The van der Waals surface area contributed by atoms with Gasteiger partial charge in [-0.3, -0.25) is 0 Å². The van der Waals surface area contributed by atoms with E-state index in [1.54, 1.807) is 7.11 Å². The van der Waals surface area contributed by atoms with E-state index in [2.05, 4.69) is 5.32 Å². The van der Waals surface area contributed by atoms with E-state index in [-0.39, 0.29) is 0 Å². The normalized spacial score (nSPS) is 12.3. The van der Waals surface area contributed by atoms with Crippen LogP contribution in [-0.4, -0.2) is 20.3 Å². The van der Waals surface area contributed by atoms with Gasteiger partial charge in [-0.05, 0) is 35.4 Å². The van der Waals surface area contributed by atoms with Crippen molar-refractivity contribution in [2.75, 3.05) is 25.6 Å². The lowest BCUT2D eigenvalue weighted by atomic mass is 10.2. The average molecular weight is 377 g/mol. The van der Waals surface area contributed by atoms with E-state index in [9.17, 15) is 0 Å². The summed E-state index contributed by atoms with van der Waals surface area (Å²) < 4.78 is 22.6. The molecule has 0 fully saturated rings. The molecule has 1 heterocycles. The van der Waals surface area contributed by atoms with Crippen LogP contribution in [0.25, 0.3) is 0 Å². The quantitative estimate of drug-likeness (QED) is 0.649. The maximum atomic E-state index is 5.92. The van der Waals surface area contributed by atoms with Crippen LogP contribution < -0.4 is 24.3 Å². The first-order chi connectivity index (χ1) is 13.8. The summed E-state index contributed by atoms with van der Waals surface area (Å²) in [7, 11) is 1.66. The molecule has 0 bridgehead atoms. The van der Waals surface area contributed by atoms with E-state index in [0.29, 0.717) is 26.4 Å². The zero-order valence-electron chi connectivity index (χ0n) is 15.8. The molecule has 0 saturated carbocycles. The third-order valence-electron chi connectivity index (χ3n) is 4.50. The molecule has 0 amide bonds. The van der Waals surface area contributed by atoms with Gasteiger partial charge >= 0.3 is 0 Å². The summed E-state index contributed by atoms with van der Waals surface area (Å²) in [6.45, 7) is 2.34. The van der Waals surface area contributed by atoms with E-state index >= 15 is 0 Å². The first kappa shape index (κ1) is 18.0. The number of fused-ring (bicyclic) bond motifs is 1. The molecule has 5 nitrogen and oxygen atoms in total. The lowest BCUT2D eigenvalue weighted by Gasteiger charge is -2.19. The predicted octanol–water partition coefficient (Wildman–Crippen LogP) is 4.66. The van der Waals surface area contributed by atoms with E-state index in [4.69, 9.17) is 18.9 Å². The Bertz CT molecular complexity index is 927. The van der Waals surface area contributed by atoms with E-state index < -0.39 is 0 Å². The fourth-order valence-electron chi connectivity index (χ4n) is 3.03. The Morgan fingerprint density at radius 1 is 0.821 bits per heavy atom. The van der Waals surface area contributed by atoms with Crippen LogP contribution in [0.1, 0.15) is 11.1 Å². The molecule has 5 heteroatoms. The molecule has 0 spiro atoms. The molecule has 1 aliphatic rings. The molecule has 3 aromatic carbocycles. The molecule has 0 aromatic heterocycles. The fraction of sp³-hybridized carbons (Fsp3) is 0.217. The number of hydrogen-bond acceptors (Lipinski definition) is 5. The summed E-state index contributed by atoms with van der Waals surface area (Å²) in [4.78, 5) is 0.